The maximum Gasteiger partial charge on any atom is 0.193 e. The Bertz CT molecular complexity index is 349. The molecule has 0 atom stereocenters. The summed E-state index contributed by atoms with van der Waals surface area (Å²) in [5.41, 5.74) is 0. The Morgan fingerprint density at radius 1 is 1.00 bits per heavy atom. The molecule has 1 aliphatic heterocycles. The van der Waals surface area contributed by atoms with E-state index in [4.69, 9.17) is 9.73 Å². The summed E-state index contributed by atoms with van der Waals surface area (Å²) in [7, 11) is 0. The van der Waals surface area contributed by atoms with Crippen LogP contribution in [-0.4, -0.2) is 49.7 Å². The number of guanidine groups is 1. The largest absolute Gasteiger partial charge is 0.378 e. The first-order valence-electron chi connectivity index (χ1n) is 9.91. The Balaban J connectivity index is 0.00000288. The van der Waals surface area contributed by atoms with E-state index in [1.54, 1.807) is 0 Å². The smallest absolute Gasteiger partial charge is 0.193 e. The third kappa shape index (κ3) is 7.06. The average Bonchev–Trinajstić information content (AvgIpc) is 2.60. The lowest BCUT2D eigenvalue weighted by Gasteiger charge is -2.34. The van der Waals surface area contributed by atoms with Gasteiger partial charge in [0.1, 0.15) is 0 Å². The Morgan fingerprint density at radius 2 is 1.62 bits per heavy atom. The van der Waals surface area contributed by atoms with Crippen LogP contribution in [0.2, 0.25) is 0 Å². The van der Waals surface area contributed by atoms with Crippen LogP contribution in [0, 0.1) is 11.8 Å². The van der Waals surface area contributed by atoms with Crippen molar-refractivity contribution in [3.8, 4) is 0 Å². The van der Waals surface area contributed by atoms with Crippen LogP contribution in [0.4, 0.5) is 0 Å². The van der Waals surface area contributed by atoms with Crippen molar-refractivity contribution in [2.24, 2.45) is 16.8 Å². The second-order valence-corrected chi connectivity index (χ2v) is 7.13. The normalized spacial score (nSPS) is 26.1. The number of nitrogens with one attached hydrogen (secondary N) is 1. The molecule has 1 heterocycles. The van der Waals surface area contributed by atoms with Crippen molar-refractivity contribution in [3.05, 3.63) is 0 Å². The molecule has 0 aromatic rings. The van der Waals surface area contributed by atoms with E-state index in [9.17, 15) is 0 Å². The molecule has 142 valence electrons. The second-order valence-electron chi connectivity index (χ2n) is 7.13. The monoisotopic (exact) mass is 451 g/mol. The second kappa shape index (κ2) is 12.3. The Labute approximate surface area is 166 Å². The number of piperidine rings is 1. The summed E-state index contributed by atoms with van der Waals surface area (Å²) < 4.78 is 5.76. The van der Waals surface area contributed by atoms with Crippen molar-refractivity contribution in [2.45, 2.75) is 71.8 Å². The first kappa shape index (κ1) is 22.0. The molecular formula is C19H38IN3O. The minimum Gasteiger partial charge on any atom is -0.378 e. The van der Waals surface area contributed by atoms with E-state index < -0.39 is 0 Å². The Hall–Kier alpha value is -0.0400. The first-order chi connectivity index (χ1) is 11.3. The molecule has 4 nitrogen and oxygen atoms in total. The molecule has 0 unspecified atom stereocenters. The average molecular weight is 451 g/mol. The lowest BCUT2D eigenvalue weighted by atomic mass is 9.81. The highest BCUT2D eigenvalue weighted by Crippen LogP contribution is 2.30. The van der Waals surface area contributed by atoms with Crippen LogP contribution in [0.1, 0.15) is 65.7 Å². The molecule has 0 spiro atoms. The number of halogens is 1. The predicted octanol–water partition coefficient (Wildman–Crippen LogP) is 4.29. The molecule has 0 aromatic heterocycles. The van der Waals surface area contributed by atoms with Crippen LogP contribution in [0.25, 0.3) is 0 Å². The molecule has 0 amide bonds. The molecule has 0 bridgehead atoms. The third-order valence-corrected chi connectivity index (χ3v) is 5.52. The standard InChI is InChI=1S/C19H37N3O.HI/c1-4-16-7-9-17(10-8-16)15-21-19(20-5-2)22-13-11-18(12-14-22)23-6-3;/h16-18H,4-15H2,1-3H3,(H,20,21);1H. The van der Waals surface area contributed by atoms with Gasteiger partial charge in [0.15, 0.2) is 5.96 Å². The topological polar surface area (TPSA) is 36.9 Å². The number of likely N-dealkylation sites (tertiary alicyclic amines) is 1. The summed E-state index contributed by atoms with van der Waals surface area (Å²) in [4.78, 5) is 7.40. The zero-order valence-electron chi connectivity index (χ0n) is 15.9. The van der Waals surface area contributed by atoms with E-state index in [-0.39, 0.29) is 24.0 Å². The lowest BCUT2D eigenvalue weighted by molar-refractivity contribution is 0.0263. The fourth-order valence-electron chi connectivity index (χ4n) is 3.93. The van der Waals surface area contributed by atoms with Gasteiger partial charge in [0.2, 0.25) is 0 Å². The lowest BCUT2D eigenvalue weighted by Crippen LogP contribution is -2.47. The van der Waals surface area contributed by atoms with Gasteiger partial charge in [-0.15, -0.1) is 24.0 Å². The predicted molar refractivity (Wildman–Crippen MR) is 113 cm³/mol. The molecule has 1 saturated carbocycles. The van der Waals surface area contributed by atoms with Gasteiger partial charge in [0.05, 0.1) is 6.10 Å². The van der Waals surface area contributed by atoms with Gasteiger partial charge in [0.25, 0.3) is 0 Å². The number of rotatable bonds is 6. The van der Waals surface area contributed by atoms with Crippen molar-refractivity contribution in [1.29, 1.82) is 0 Å². The van der Waals surface area contributed by atoms with Gasteiger partial charge >= 0.3 is 0 Å². The van der Waals surface area contributed by atoms with Crippen molar-refractivity contribution in [2.75, 3.05) is 32.8 Å². The summed E-state index contributed by atoms with van der Waals surface area (Å²) in [6, 6.07) is 0. The fraction of sp³-hybridized carbons (Fsp3) is 0.947. The third-order valence-electron chi connectivity index (χ3n) is 5.52. The van der Waals surface area contributed by atoms with E-state index in [1.807, 2.05) is 0 Å². The summed E-state index contributed by atoms with van der Waals surface area (Å²) in [6.07, 6.45) is 9.61. The highest BCUT2D eigenvalue weighted by Gasteiger charge is 2.23. The number of nitrogens with zero attached hydrogens (tertiary/aromatic N) is 2. The first-order valence-corrected chi connectivity index (χ1v) is 9.91. The van der Waals surface area contributed by atoms with Crippen LogP contribution in [0.5, 0.6) is 0 Å². The van der Waals surface area contributed by atoms with Gasteiger partial charge in [-0.3, -0.25) is 4.99 Å². The van der Waals surface area contributed by atoms with E-state index in [2.05, 4.69) is 31.0 Å². The maximum absolute atomic E-state index is 5.76. The van der Waals surface area contributed by atoms with E-state index in [0.29, 0.717) is 6.10 Å². The van der Waals surface area contributed by atoms with E-state index in [1.165, 1.54) is 32.1 Å². The molecule has 2 fully saturated rings. The molecule has 1 aliphatic carbocycles. The zero-order chi connectivity index (χ0) is 16.5. The van der Waals surface area contributed by atoms with Crippen LogP contribution in [-0.2, 0) is 4.74 Å². The van der Waals surface area contributed by atoms with Gasteiger partial charge in [-0.2, -0.15) is 0 Å². The summed E-state index contributed by atoms with van der Waals surface area (Å²) in [6.45, 7) is 11.5. The summed E-state index contributed by atoms with van der Waals surface area (Å²) >= 11 is 0. The maximum atomic E-state index is 5.76. The van der Waals surface area contributed by atoms with E-state index in [0.717, 1.165) is 63.4 Å². The van der Waals surface area contributed by atoms with Gasteiger partial charge < -0.3 is 15.0 Å². The minimum atomic E-state index is 0. The number of hydrogen-bond acceptors (Lipinski definition) is 2. The molecule has 0 radical (unpaired) electrons. The van der Waals surface area contributed by atoms with Crippen molar-refractivity contribution >= 4 is 29.9 Å². The highest BCUT2D eigenvalue weighted by atomic mass is 127. The molecule has 5 heteroatoms. The van der Waals surface area contributed by atoms with Crippen LogP contribution in [0.3, 0.4) is 0 Å². The van der Waals surface area contributed by atoms with Crippen molar-refractivity contribution in [1.82, 2.24) is 10.2 Å². The molecule has 1 N–H and O–H groups in total. The van der Waals surface area contributed by atoms with Crippen LogP contribution < -0.4 is 5.32 Å². The van der Waals surface area contributed by atoms with E-state index >= 15 is 0 Å². The molecule has 0 aromatic carbocycles. The molecule has 1 saturated heterocycles. The molecule has 2 aliphatic rings. The minimum absolute atomic E-state index is 0. The van der Waals surface area contributed by atoms with Crippen LogP contribution >= 0.6 is 24.0 Å². The SMILES string of the molecule is CCNC(=NCC1CCC(CC)CC1)N1CCC(OCC)CC1.I. The fourth-order valence-corrected chi connectivity index (χ4v) is 3.93. The van der Waals surface area contributed by atoms with Gasteiger partial charge in [-0.25, -0.2) is 0 Å². The molecule has 24 heavy (non-hydrogen) atoms. The van der Waals surface area contributed by atoms with Crippen molar-refractivity contribution in [3.63, 3.8) is 0 Å². The van der Waals surface area contributed by atoms with Crippen molar-refractivity contribution < 1.29 is 4.74 Å². The highest BCUT2D eigenvalue weighted by molar-refractivity contribution is 14.0. The number of hydrogen-bond donors (Lipinski definition) is 1. The van der Waals surface area contributed by atoms with Crippen LogP contribution in [0.15, 0.2) is 4.99 Å². The Morgan fingerprint density at radius 3 is 2.17 bits per heavy atom. The summed E-state index contributed by atoms with van der Waals surface area (Å²) in [5, 5.41) is 3.49. The quantitative estimate of drug-likeness (QED) is 0.372. The zero-order valence-corrected chi connectivity index (χ0v) is 18.3. The van der Waals surface area contributed by atoms with Gasteiger partial charge in [-0.1, -0.05) is 26.2 Å². The number of aliphatic imine (C=N–C) groups is 1. The van der Waals surface area contributed by atoms with Gasteiger partial charge in [-0.05, 0) is 51.4 Å². The Kier molecular flexibility index (Phi) is 11.3. The number of ether oxygens (including phenoxy) is 1. The molecular weight excluding hydrogens is 413 g/mol. The summed E-state index contributed by atoms with van der Waals surface area (Å²) in [5.74, 6) is 2.90. The molecule has 2 rings (SSSR count). The van der Waals surface area contributed by atoms with Gasteiger partial charge in [0, 0.05) is 32.8 Å².